The van der Waals surface area contributed by atoms with Gasteiger partial charge >= 0.3 is 11.9 Å². The number of benzene rings is 2. The molecule has 0 aromatic heterocycles. The number of aryl methyl sites for hydroxylation is 1. The molecule has 31 heavy (non-hydrogen) atoms. The number of carbonyl (C=O) groups excluding carboxylic acids is 2. The van der Waals surface area contributed by atoms with E-state index in [4.69, 9.17) is 14.2 Å². The molecule has 2 aromatic rings. The summed E-state index contributed by atoms with van der Waals surface area (Å²) in [6.07, 6.45) is 1.54. The van der Waals surface area contributed by atoms with Crippen LogP contribution in [0.4, 0.5) is 0 Å². The zero-order valence-corrected chi connectivity index (χ0v) is 19.5. The Morgan fingerprint density at radius 1 is 0.742 bits per heavy atom. The van der Waals surface area contributed by atoms with Crippen LogP contribution in [-0.4, -0.2) is 24.1 Å². The predicted molar refractivity (Wildman–Crippen MR) is 121 cm³/mol. The highest BCUT2D eigenvalue weighted by molar-refractivity contribution is 5.77. The third-order valence-corrected chi connectivity index (χ3v) is 4.37. The molecule has 0 heterocycles. The van der Waals surface area contributed by atoms with E-state index in [1.807, 2.05) is 77.9 Å². The van der Waals surface area contributed by atoms with Gasteiger partial charge in [-0.15, -0.1) is 0 Å². The van der Waals surface area contributed by atoms with Gasteiger partial charge in [0.1, 0.15) is 17.1 Å². The minimum Gasteiger partial charge on any atom is -0.488 e. The molecule has 168 valence electrons. The Bertz CT molecular complexity index is 853. The molecule has 0 atom stereocenters. The molecule has 5 nitrogen and oxygen atoms in total. The monoisotopic (exact) mass is 426 g/mol. The van der Waals surface area contributed by atoms with Crippen LogP contribution in [0.15, 0.2) is 48.5 Å². The summed E-state index contributed by atoms with van der Waals surface area (Å²) in [5, 5.41) is 0. The molecule has 0 saturated heterocycles. The van der Waals surface area contributed by atoms with Gasteiger partial charge in [0.15, 0.2) is 0 Å². The van der Waals surface area contributed by atoms with E-state index in [9.17, 15) is 9.59 Å². The molecular formula is C26H34O5. The highest BCUT2D eigenvalue weighted by Gasteiger charge is 2.23. The van der Waals surface area contributed by atoms with Gasteiger partial charge < -0.3 is 14.2 Å². The first-order valence-electron chi connectivity index (χ1n) is 10.7. The normalized spacial score (nSPS) is 11.7. The molecule has 2 aromatic carbocycles. The van der Waals surface area contributed by atoms with Crippen molar-refractivity contribution in [3.05, 3.63) is 59.7 Å². The van der Waals surface area contributed by atoms with Gasteiger partial charge in [-0.25, -0.2) is 0 Å². The Morgan fingerprint density at radius 3 is 1.77 bits per heavy atom. The number of carbonyl (C=O) groups is 2. The number of esters is 2. The Balaban J connectivity index is 1.70. The second-order valence-electron chi connectivity index (χ2n) is 9.61. The van der Waals surface area contributed by atoms with E-state index in [1.54, 1.807) is 12.1 Å². The van der Waals surface area contributed by atoms with Crippen LogP contribution in [0.1, 0.15) is 59.1 Å². The third-order valence-electron chi connectivity index (χ3n) is 4.37. The average molecular weight is 427 g/mol. The van der Waals surface area contributed by atoms with E-state index in [0.717, 1.165) is 16.9 Å². The van der Waals surface area contributed by atoms with Crippen LogP contribution in [0.2, 0.25) is 0 Å². The second kappa shape index (κ2) is 10.5. The first-order chi connectivity index (χ1) is 14.4. The lowest BCUT2D eigenvalue weighted by atomic mass is 9.97. The highest BCUT2D eigenvalue weighted by Crippen LogP contribution is 2.21. The van der Waals surface area contributed by atoms with Crippen molar-refractivity contribution in [2.24, 2.45) is 5.41 Å². The van der Waals surface area contributed by atoms with E-state index < -0.39 is 5.41 Å². The lowest BCUT2D eigenvalue weighted by Crippen LogP contribution is -2.25. The summed E-state index contributed by atoms with van der Waals surface area (Å²) in [6.45, 7) is 11.8. The largest absolute Gasteiger partial charge is 0.488 e. The summed E-state index contributed by atoms with van der Waals surface area (Å²) in [4.78, 5) is 23.9. The average Bonchev–Trinajstić information content (AvgIpc) is 2.67. The summed E-state index contributed by atoms with van der Waals surface area (Å²) in [5.41, 5.74) is 1.30. The van der Waals surface area contributed by atoms with Gasteiger partial charge in [-0.05, 0) is 83.4 Å². The molecule has 2 rings (SSSR count). The SMILES string of the molecule is CC(C)(C)Oc1ccc(CCOC(=O)CCc2ccc(OC(=O)C(C)(C)C)cc2)cc1. The van der Waals surface area contributed by atoms with Gasteiger partial charge in [0.05, 0.1) is 12.0 Å². The van der Waals surface area contributed by atoms with Crippen LogP contribution in [0.25, 0.3) is 0 Å². The fourth-order valence-corrected chi connectivity index (χ4v) is 2.66. The van der Waals surface area contributed by atoms with Gasteiger partial charge in [-0.2, -0.15) is 0 Å². The molecular weight excluding hydrogens is 392 g/mol. The van der Waals surface area contributed by atoms with E-state index in [-0.39, 0.29) is 17.5 Å². The van der Waals surface area contributed by atoms with Gasteiger partial charge in [0.25, 0.3) is 0 Å². The number of ether oxygens (including phenoxy) is 3. The van der Waals surface area contributed by atoms with Gasteiger partial charge in [0.2, 0.25) is 0 Å². The molecule has 0 amide bonds. The van der Waals surface area contributed by atoms with Crippen molar-refractivity contribution in [2.45, 2.75) is 66.4 Å². The molecule has 0 aliphatic carbocycles. The molecule has 0 aliphatic rings. The minimum absolute atomic E-state index is 0.226. The van der Waals surface area contributed by atoms with Crippen LogP contribution in [-0.2, 0) is 27.2 Å². The topological polar surface area (TPSA) is 61.8 Å². The molecule has 0 fully saturated rings. The zero-order valence-electron chi connectivity index (χ0n) is 19.5. The lowest BCUT2D eigenvalue weighted by molar-refractivity contribution is -0.144. The van der Waals surface area contributed by atoms with Gasteiger partial charge in [-0.3, -0.25) is 9.59 Å². The molecule has 5 heteroatoms. The lowest BCUT2D eigenvalue weighted by Gasteiger charge is -2.21. The summed E-state index contributed by atoms with van der Waals surface area (Å²) in [5.74, 6) is 0.828. The van der Waals surface area contributed by atoms with Crippen molar-refractivity contribution < 1.29 is 23.8 Å². The Labute approximate surface area is 185 Å². The second-order valence-corrected chi connectivity index (χ2v) is 9.61. The first kappa shape index (κ1) is 24.4. The maximum Gasteiger partial charge on any atom is 0.316 e. The van der Waals surface area contributed by atoms with Crippen molar-refractivity contribution >= 4 is 11.9 Å². The standard InChI is InChI=1S/C26H34O5/c1-25(2,3)24(28)30-21-12-7-19(8-13-21)11-16-23(27)29-18-17-20-9-14-22(15-10-20)31-26(4,5)6/h7-10,12-15H,11,16-18H2,1-6H3. The van der Waals surface area contributed by atoms with Gasteiger partial charge in [0, 0.05) is 12.8 Å². The summed E-state index contributed by atoms with van der Waals surface area (Å²) < 4.78 is 16.5. The summed E-state index contributed by atoms with van der Waals surface area (Å²) in [6, 6.07) is 15.1. The van der Waals surface area contributed by atoms with E-state index >= 15 is 0 Å². The zero-order chi connectivity index (χ0) is 23.1. The molecule has 0 radical (unpaired) electrons. The Kier molecular flexibility index (Phi) is 8.26. The van der Waals surface area contributed by atoms with Crippen LogP contribution in [0.3, 0.4) is 0 Å². The van der Waals surface area contributed by atoms with E-state index in [2.05, 4.69) is 0 Å². The van der Waals surface area contributed by atoms with Crippen LogP contribution in [0.5, 0.6) is 11.5 Å². The van der Waals surface area contributed by atoms with Crippen molar-refractivity contribution in [1.82, 2.24) is 0 Å². The number of hydrogen-bond acceptors (Lipinski definition) is 5. The fraction of sp³-hybridized carbons (Fsp3) is 0.462. The maximum atomic E-state index is 12.0. The Hall–Kier alpha value is -2.82. The van der Waals surface area contributed by atoms with Crippen molar-refractivity contribution in [3.8, 4) is 11.5 Å². The number of hydrogen-bond donors (Lipinski definition) is 0. The molecule has 0 spiro atoms. The van der Waals surface area contributed by atoms with E-state index in [0.29, 0.717) is 31.6 Å². The van der Waals surface area contributed by atoms with Crippen LogP contribution < -0.4 is 9.47 Å². The molecule has 0 saturated carbocycles. The maximum absolute atomic E-state index is 12.0. The smallest absolute Gasteiger partial charge is 0.316 e. The van der Waals surface area contributed by atoms with Gasteiger partial charge in [-0.1, -0.05) is 24.3 Å². The fourth-order valence-electron chi connectivity index (χ4n) is 2.66. The summed E-state index contributed by atoms with van der Waals surface area (Å²) in [7, 11) is 0. The molecule has 0 N–H and O–H groups in total. The predicted octanol–water partition coefficient (Wildman–Crippen LogP) is 5.53. The first-order valence-corrected chi connectivity index (χ1v) is 10.7. The quantitative estimate of drug-likeness (QED) is 0.410. The molecule has 0 aliphatic heterocycles. The molecule has 0 bridgehead atoms. The van der Waals surface area contributed by atoms with Crippen molar-refractivity contribution in [2.75, 3.05) is 6.61 Å². The highest BCUT2D eigenvalue weighted by atomic mass is 16.5. The molecule has 0 unspecified atom stereocenters. The summed E-state index contributed by atoms with van der Waals surface area (Å²) >= 11 is 0. The minimum atomic E-state index is -0.551. The van der Waals surface area contributed by atoms with Crippen LogP contribution >= 0.6 is 0 Å². The van der Waals surface area contributed by atoms with E-state index in [1.165, 1.54) is 0 Å². The van der Waals surface area contributed by atoms with Crippen molar-refractivity contribution in [3.63, 3.8) is 0 Å². The van der Waals surface area contributed by atoms with Crippen LogP contribution in [0, 0.1) is 5.41 Å². The number of rotatable bonds is 8. The third kappa shape index (κ3) is 9.24. The Morgan fingerprint density at radius 2 is 1.26 bits per heavy atom. The van der Waals surface area contributed by atoms with Crippen molar-refractivity contribution in [1.29, 1.82) is 0 Å².